The van der Waals surface area contributed by atoms with Gasteiger partial charge in [-0.05, 0) is 89.2 Å². The molecule has 7 nitrogen and oxygen atoms in total. The van der Waals surface area contributed by atoms with E-state index in [4.69, 9.17) is 11.6 Å². The fraction of sp³-hybridized carbons (Fsp3) is 0.0909. The highest BCUT2D eigenvalue weighted by atomic mass is 127. The largest absolute Gasteiger partial charge is 0.478 e. The first-order valence-corrected chi connectivity index (χ1v) is 12.3. The van der Waals surface area contributed by atoms with Gasteiger partial charge in [-0.15, -0.1) is 0 Å². The van der Waals surface area contributed by atoms with Gasteiger partial charge >= 0.3 is 5.97 Å². The van der Waals surface area contributed by atoms with Gasteiger partial charge in [0, 0.05) is 20.7 Å². The zero-order valence-electron chi connectivity index (χ0n) is 16.4. The predicted octanol–water partition coefficient (Wildman–Crippen LogP) is 4.65. The molecule has 0 unspecified atom stereocenters. The van der Waals surface area contributed by atoms with E-state index < -0.39 is 21.9 Å². The Hall–Kier alpha value is -2.63. The van der Waals surface area contributed by atoms with Gasteiger partial charge in [0.2, 0.25) is 0 Å². The monoisotopic (exact) mass is 582 g/mol. The van der Waals surface area contributed by atoms with Crippen molar-refractivity contribution in [1.29, 1.82) is 0 Å². The molecule has 4 rings (SSSR count). The van der Waals surface area contributed by atoms with Gasteiger partial charge in [-0.2, -0.15) is 0 Å². The maximum atomic E-state index is 13.3. The summed E-state index contributed by atoms with van der Waals surface area (Å²) in [5.74, 6) is -1.79. The van der Waals surface area contributed by atoms with Crippen molar-refractivity contribution in [3.8, 4) is 0 Å². The molecule has 0 bridgehead atoms. The van der Waals surface area contributed by atoms with Crippen molar-refractivity contribution >= 4 is 67.5 Å². The Morgan fingerprint density at radius 2 is 1.84 bits per heavy atom. The molecule has 0 aliphatic carbocycles. The molecule has 0 saturated carbocycles. The molecule has 0 aromatic heterocycles. The van der Waals surface area contributed by atoms with Crippen molar-refractivity contribution in [3.63, 3.8) is 0 Å². The van der Waals surface area contributed by atoms with Crippen molar-refractivity contribution in [2.75, 3.05) is 16.2 Å². The molecule has 0 spiro atoms. The van der Waals surface area contributed by atoms with E-state index in [1.165, 1.54) is 40.7 Å². The number of amides is 1. The molecule has 3 aromatic rings. The Morgan fingerprint density at radius 3 is 2.59 bits per heavy atom. The van der Waals surface area contributed by atoms with Gasteiger partial charge in [-0.1, -0.05) is 17.7 Å². The zero-order chi connectivity index (χ0) is 23.0. The smallest absolute Gasteiger partial charge is 0.337 e. The highest BCUT2D eigenvalue weighted by Gasteiger charge is 2.31. The first-order chi connectivity index (χ1) is 15.2. The average molecular weight is 583 g/mol. The molecule has 0 radical (unpaired) electrons. The van der Waals surface area contributed by atoms with Crippen LogP contribution in [0.2, 0.25) is 5.02 Å². The van der Waals surface area contributed by atoms with Crippen LogP contribution >= 0.6 is 34.2 Å². The molecule has 10 heteroatoms. The number of hydrogen-bond donors (Lipinski definition) is 2. The van der Waals surface area contributed by atoms with E-state index in [9.17, 15) is 23.1 Å². The van der Waals surface area contributed by atoms with Crippen LogP contribution < -0.4 is 9.62 Å². The second kappa shape index (κ2) is 8.72. The standard InChI is InChI=1S/C22H16ClIN2O5S/c23-15-4-7-20-13(10-15)8-9-26(20)32(30,31)17-3-1-2-14(11-17)21(27)25-19-6-5-16(24)12-18(19)22(28)29/h1-7,10-12H,8-9H2,(H,25,27)(H,28,29). The molecule has 0 saturated heterocycles. The summed E-state index contributed by atoms with van der Waals surface area (Å²) in [6.45, 7) is 0.277. The lowest BCUT2D eigenvalue weighted by atomic mass is 10.1. The lowest BCUT2D eigenvalue weighted by molar-refractivity contribution is 0.0698. The molecular formula is C22H16ClIN2O5S. The van der Waals surface area contributed by atoms with E-state index in [-0.39, 0.29) is 28.3 Å². The van der Waals surface area contributed by atoms with Crippen LogP contribution in [0.5, 0.6) is 0 Å². The molecule has 1 amide bonds. The number of nitrogens with zero attached hydrogens (tertiary/aromatic N) is 1. The fourth-order valence-corrected chi connectivity index (χ4v) is 5.75. The van der Waals surface area contributed by atoms with E-state index >= 15 is 0 Å². The second-order valence-corrected chi connectivity index (χ2v) is 10.6. The number of carboxylic acids is 1. The number of nitrogens with one attached hydrogen (secondary N) is 1. The third-order valence-corrected chi connectivity index (χ3v) is 7.75. The Balaban J connectivity index is 1.64. The van der Waals surface area contributed by atoms with Crippen molar-refractivity contribution in [2.45, 2.75) is 11.3 Å². The molecule has 2 N–H and O–H groups in total. The van der Waals surface area contributed by atoms with Gasteiger partial charge in [-0.3, -0.25) is 9.10 Å². The number of hydrogen-bond acceptors (Lipinski definition) is 4. The van der Waals surface area contributed by atoms with Crippen LogP contribution in [0.15, 0.2) is 65.6 Å². The fourth-order valence-electron chi connectivity index (χ4n) is 3.51. The summed E-state index contributed by atoms with van der Waals surface area (Å²) >= 11 is 7.99. The van der Waals surface area contributed by atoms with Crippen LogP contribution in [-0.4, -0.2) is 31.9 Å². The quantitative estimate of drug-likeness (QED) is 0.427. The maximum absolute atomic E-state index is 13.3. The molecular weight excluding hydrogens is 567 g/mol. The maximum Gasteiger partial charge on any atom is 0.337 e. The highest BCUT2D eigenvalue weighted by molar-refractivity contribution is 14.1. The number of rotatable bonds is 5. The number of carboxylic acid groups (broad SMARTS) is 1. The number of sulfonamides is 1. The third kappa shape index (κ3) is 4.32. The number of carbonyl (C=O) groups is 2. The zero-order valence-corrected chi connectivity index (χ0v) is 20.1. The number of halogens is 2. The van der Waals surface area contributed by atoms with E-state index in [1.807, 2.05) is 22.6 Å². The van der Waals surface area contributed by atoms with Gasteiger partial charge in [-0.25, -0.2) is 13.2 Å². The minimum atomic E-state index is -3.91. The summed E-state index contributed by atoms with van der Waals surface area (Å²) < 4.78 is 28.6. The van der Waals surface area contributed by atoms with Crippen molar-refractivity contribution in [1.82, 2.24) is 0 Å². The second-order valence-electron chi connectivity index (χ2n) is 7.08. The topological polar surface area (TPSA) is 104 Å². The van der Waals surface area contributed by atoms with Crippen LogP contribution in [0.3, 0.4) is 0 Å². The molecule has 1 heterocycles. The molecule has 1 aliphatic heterocycles. The minimum absolute atomic E-state index is 0.0333. The SMILES string of the molecule is O=C(Nc1ccc(I)cc1C(=O)O)c1cccc(S(=O)(=O)N2CCc3cc(Cl)ccc32)c1. The molecule has 164 valence electrons. The van der Waals surface area contributed by atoms with E-state index in [0.29, 0.717) is 20.7 Å². The van der Waals surface area contributed by atoms with Crippen LogP contribution in [0, 0.1) is 3.57 Å². The van der Waals surface area contributed by atoms with E-state index in [1.54, 1.807) is 24.3 Å². The van der Waals surface area contributed by atoms with E-state index in [2.05, 4.69) is 5.32 Å². The molecule has 3 aromatic carbocycles. The molecule has 0 atom stereocenters. The molecule has 1 aliphatic rings. The number of carbonyl (C=O) groups excluding carboxylic acids is 1. The van der Waals surface area contributed by atoms with Gasteiger partial charge in [0.15, 0.2) is 0 Å². The Bertz CT molecular complexity index is 1360. The van der Waals surface area contributed by atoms with Crippen molar-refractivity contribution in [2.24, 2.45) is 0 Å². The first-order valence-electron chi connectivity index (χ1n) is 9.42. The molecule has 0 fully saturated rings. The lowest BCUT2D eigenvalue weighted by Crippen LogP contribution is -2.29. The van der Waals surface area contributed by atoms with Gasteiger partial charge < -0.3 is 10.4 Å². The highest BCUT2D eigenvalue weighted by Crippen LogP contribution is 2.34. The summed E-state index contributed by atoms with van der Waals surface area (Å²) in [5, 5.41) is 12.5. The summed E-state index contributed by atoms with van der Waals surface area (Å²) in [7, 11) is -3.91. The lowest BCUT2D eigenvalue weighted by Gasteiger charge is -2.20. The Kier molecular flexibility index (Phi) is 6.15. The predicted molar refractivity (Wildman–Crippen MR) is 130 cm³/mol. The number of fused-ring (bicyclic) bond motifs is 1. The summed E-state index contributed by atoms with van der Waals surface area (Å²) in [5.41, 5.74) is 1.57. The van der Waals surface area contributed by atoms with Crippen LogP contribution in [0.25, 0.3) is 0 Å². The Labute approximate surface area is 203 Å². The third-order valence-electron chi connectivity index (χ3n) is 5.04. The van der Waals surface area contributed by atoms with Crippen LogP contribution in [0.4, 0.5) is 11.4 Å². The van der Waals surface area contributed by atoms with Crippen LogP contribution in [-0.2, 0) is 16.4 Å². The number of anilines is 2. The van der Waals surface area contributed by atoms with Crippen molar-refractivity contribution in [3.05, 3.63) is 85.9 Å². The summed E-state index contributed by atoms with van der Waals surface area (Å²) in [4.78, 5) is 24.2. The number of benzene rings is 3. The van der Waals surface area contributed by atoms with E-state index in [0.717, 1.165) is 5.56 Å². The first kappa shape index (κ1) is 22.6. The average Bonchev–Trinajstić information content (AvgIpc) is 3.18. The van der Waals surface area contributed by atoms with Gasteiger partial charge in [0.1, 0.15) is 0 Å². The van der Waals surface area contributed by atoms with Crippen molar-refractivity contribution < 1.29 is 23.1 Å². The molecule has 32 heavy (non-hydrogen) atoms. The summed E-state index contributed by atoms with van der Waals surface area (Å²) in [6.07, 6.45) is 0.542. The normalized spacial score (nSPS) is 13.0. The Morgan fingerprint density at radius 1 is 1.06 bits per heavy atom. The van der Waals surface area contributed by atoms with Gasteiger partial charge in [0.25, 0.3) is 15.9 Å². The summed E-state index contributed by atoms with van der Waals surface area (Å²) in [6, 6.07) is 15.3. The van der Waals surface area contributed by atoms with Gasteiger partial charge in [0.05, 0.1) is 21.8 Å². The number of aromatic carboxylic acids is 1. The minimum Gasteiger partial charge on any atom is -0.478 e. The van der Waals surface area contributed by atoms with Crippen LogP contribution in [0.1, 0.15) is 26.3 Å².